The molecule has 1 amide bonds. The van der Waals surface area contributed by atoms with Crippen LogP contribution in [0.4, 0.5) is 18.9 Å². The number of hydrogen-bond donors (Lipinski definition) is 2. The van der Waals surface area contributed by atoms with Gasteiger partial charge in [0, 0.05) is 23.2 Å². The summed E-state index contributed by atoms with van der Waals surface area (Å²) in [7, 11) is 0. The predicted molar refractivity (Wildman–Crippen MR) is 76.9 cm³/mol. The number of nitrogens with one attached hydrogen (secondary N) is 2. The number of aromatic amines is 1. The molecular formula is C16H11F3N2O. The fourth-order valence-electron chi connectivity index (χ4n) is 2.26. The Kier molecular flexibility index (Phi) is 3.58. The van der Waals surface area contributed by atoms with Gasteiger partial charge in [0.25, 0.3) is 0 Å². The Balaban J connectivity index is 1.78. The summed E-state index contributed by atoms with van der Waals surface area (Å²) < 4.78 is 39.4. The van der Waals surface area contributed by atoms with E-state index < -0.39 is 17.5 Å². The topological polar surface area (TPSA) is 44.9 Å². The van der Waals surface area contributed by atoms with E-state index in [9.17, 15) is 18.0 Å². The number of halogens is 3. The molecule has 0 aliphatic rings. The van der Waals surface area contributed by atoms with Crippen LogP contribution in [-0.2, 0) is 11.2 Å². The van der Waals surface area contributed by atoms with Crippen molar-refractivity contribution < 1.29 is 18.0 Å². The molecule has 2 aromatic carbocycles. The summed E-state index contributed by atoms with van der Waals surface area (Å²) in [4.78, 5) is 14.8. The Morgan fingerprint density at radius 3 is 2.55 bits per heavy atom. The maximum atomic E-state index is 13.5. The number of amides is 1. The smallest absolute Gasteiger partial charge is 0.228 e. The molecule has 2 N–H and O–H groups in total. The second-order valence-electron chi connectivity index (χ2n) is 4.85. The summed E-state index contributed by atoms with van der Waals surface area (Å²) in [6, 6.07) is 7.13. The summed E-state index contributed by atoms with van der Waals surface area (Å²) >= 11 is 0. The van der Waals surface area contributed by atoms with Crippen LogP contribution < -0.4 is 5.32 Å². The molecule has 1 heterocycles. The Morgan fingerprint density at radius 1 is 1.05 bits per heavy atom. The van der Waals surface area contributed by atoms with E-state index in [4.69, 9.17) is 0 Å². The maximum absolute atomic E-state index is 13.5. The number of benzene rings is 2. The van der Waals surface area contributed by atoms with Gasteiger partial charge in [-0.05, 0) is 35.9 Å². The molecule has 6 heteroatoms. The van der Waals surface area contributed by atoms with E-state index in [-0.39, 0.29) is 17.9 Å². The molecule has 0 atom stereocenters. The van der Waals surface area contributed by atoms with E-state index in [0.29, 0.717) is 17.1 Å². The number of rotatable bonds is 3. The third-order valence-electron chi connectivity index (χ3n) is 3.29. The highest BCUT2D eigenvalue weighted by molar-refractivity contribution is 5.95. The summed E-state index contributed by atoms with van der Waals surface area (Å²) in [5.41, 5.74) is 1.16. The summed E-state index contributed by atoms with van der Waals surface area (Å²) in [5, 5.41) is 3.10. The van der Waals surface area contributed by atoms with E-state index in [1.165, 1.54) is 12.1 Å². The zero-order chi connectivity index (χ0) is 15.7. The van der Waals surface area contributed by atoms with Crippen molar-refractivity contribution in [3.8, 4) is 0 Å². The molecule has 0 spiro atoms. The Labute approximate surface area is 123 Å². The minimum Gasteiger partial charge on any atom is -0.361 e. The first-order valence-corrected chi connectivity index (χ1v) is 6.53. The molecule has 0 saturated heterocycles. The van der Waals surface area contributed by atoms with Crippen molar-refractivity contribution in [1.29, 1.82) is 0 Å². The molecule has 1 aromatic heterocycles. The molecule has 0 unspecified atom stereocenters. The predicted octanol–water partition coefficient (Wildman–Crippen LogP) is 3.77. The number of H-pyrrole nitrogens is 1. The van der Waals surface area contributed by atoms with Crippen LogP contribution in [0.25, 0.3) is 10.9 Å². The second kappa shape index (κ2) is 5.55. The molecule has 112 valence electrons. The molecule has 3 aromatic rings. The zero-order valence-corrected chi connectivity index (χ0v) is 11.3. The molecule has 0 saturated carbocycles. The van der Waals surface area contributed by atoms with Gasteiger partial charge < -0.3 is 10.3 Å². The van der Waals surface area contributed by atoms with Gasteiger partial charge >= 0.3 is 0 Å². The van der Waals surface area contributed by atoms with Crippen LogP contribution in [0.15, 0.2) is 42.6 Å². The molecule has 0 bridgehead atoms. The lowest BCUT2D eigenvalue weighted by atomic mass is 10.1. The Hall–Kier alpha value is -2.76. The van der Waals surface area contributed by atoms with Gasteiger partial charge in [-0.15, -0.1) is 0 Å². The van der Waals surface area contributed by atoms with Crippen LogP contribution in [0.3, 0.4) is 0 Å². The number of hydrogen-bond acceptors (Lipinski definition) is 1. The van der Waals surface area contributed by atoms with Crippen LogP contribution in [0.1, 0.15) is 5.56 Å². The fourth-order valence-corrected chi connectivity index (χ4v) is 2.26. The molecular weight excluding hydrogens is 293 g/mol. The average Bonchev–Trinajstić information content (AvgIpc) is 2.84. The molecule has 0 aliphatic heterocycles. The SMILES string of the molecule is O=C(Cc1c[nH]c2cc(F)ccc12)Nc1ccc(F)cc1F. The van der Waals surface area contributed by atoms with Gasteiger partial charge in [0.2, 0.25) is 5.91 Å². The molecule has 0 radical (unpaired) electrons. The van der Waals surface area contributed by atoms with Gasteiger partial charge in [0.05, 0.1) is 12.1 Å². The van der Waals surface area contributed by atoms with Crippen molar-refractivity contribution >= 4 is 22.5 Å². The lowest BCUT2D eigenvalue weighted by Crippen LogP contribution is -2.15. The van der Waals surface area contributed by atoms with Crippen molar-refractivity contribution in [2.24, 2.45) is 0 Å². The molecule has 3 nitrogen and oxygen atoms in total. The molecule has 0 fully saturated rings. The molecule has 22 heavy (non-hydrogen) atoms. The van der Waals surface area contributed by atoms with Gasteiger partial charge in [-0.3, -0.25) is 4.79 Å². The number of aromatic nitrogens is 1. The lowest BCUT2D eigenvalue weighted by Gasteiger charge is -2.06. The van der Waals surface area contributed by atoms with Crippen molar-refractivity contribution in [3.05, 3.63) is 65.6 Å². The van der Waals surface area contributed by atoms with E-state index in [1.807, 2.05) is 0 Å². The number of carbonyl (C=O) groups is 1. The van der Waals surface area contributed by atoms with Gasteiger partial charge in [0.15, 0.2) is 0 Å². The van der Waals surface area contributed by atoms with Crippen LogP contribution in [-0.4, -0.2) is 10.9 Å². The molecule has 0 aliphatic carbocycles. The van der Waals surface area contributed by atoms with Crippen LogP contribution >= 0.6 is 0 Å². The minimum absolute atomic E-state index is 0.0115. The monoisotopic (exact) mass is 304 g/mol. The highest BCUT2D eigenvalue weighted by atomic mass is 19.1. The number of fused-ring (bicyclic) bond motifs is 1. The van der Waals surface area contributed by atoms with Gasteiger partial charge in [-0.1, -0.05) is 0 Å². The quantitative estimate of drug-likeness (QED) is 0.760. The van der Waals surface area contributed by atoms with Gasteiger partial charge in [-0.2, -0.15) is 0 Å². The van der Waals surface area contributed by atoms with E-state index in [2.05, 4.69) is 10.3 Å². The highest BCUT2D eigenvalue weighted by Gasteiger charge is 2.12. The number of carbonyl (C=O) groups excluding carboxylic acids is 1. The van der Waals surface area contributed by atoms with Gasteiger partial charge in [0.1, 0.15) is 17.5 Å². The van der Waals surface area contributed by atoms with Gasteiger partial charge in [-0.25, -0.2) is 13.2 Å². The van der Waals surface area contributed by atoms with E-state index in [0.717, 1.165) is 17.5 Å². The summed E-state index contributed by atoms with van der Waals surface area (Å²) in [6.45, 7) is 0. The summed E-state index contributed by atoms with van der Waals surface area (Å²) in [5.74, 6) is -2.38. The first-order valence-electron chi connectivity index (χ1n) is 6.53. The highest BCUT2D eigenvalue weighted by Crippen LogP contribution is 2.21. The Morgan fingerprint density at radius 2 is 1.77 bits per heavy atom. The zero-order valence-electron chi connectivity index (χ0n) is 11.3. The normalized spacial score (nSPS) is 10.9. The minimum atomic E-state index is -0.839. The van der Waals surface area contributed by atoms with Crippen molar-refractivity contribution in [2.75, 3.05) is 5.32 Å². The Bertz CT molecular complexity index is 858. The largest absolute Gasteiger partial charge is 0.361 e. The maximum Gasteiger partial charge on any atom is 0.228 e. The van der Waals surface area contributed by atoms with E-state index in [1.54, 1.807) is 12.3 Å². The van der Waals surface area contributed by atoms with Crippen LogP contribution in [0.2, 0.25) is 0 Å². The fraction of sp³-hybridized carbons (Fsp3) is 0.0625. The third-order valence-corrected chi connectivity index (χ3v) is 3.29. The van der Waals surface area contributed by atoms with Crippen LogP contribution in [0.5, 0.6) is 0 Å². The summed E-state index contributed by atoms with van der Waals surface area (Å²) in [6.07, 6.45) is 1.59. The van der Waals surface area contributed by atoms with Crippen molar-refractivity contribution in [1.82, 2.24) is 4.98 Å². The first kappa shape index (κ1) is 14.2. The standard InChI is InChI=1S/C16H11F3N2O/c17-10-2-4-14(13(19)6-10)21-16(22)5-9-8-20-15-7-11(18)1-3-12(9)15/h1-4,6-8,20H,5H2,(H,21,22). The molecule has 3 rings (SSSR count). The lowest BCUT2D eigenvalue weighted by molar-refractivity contribution is -0.115. The third kappa shape index (κ3) is 2.81. The van der Waals surface area contributed by atoms with Crippen molar-refractivity contribution in [3.63, 3.8) is 0 Å². The first-order chi connectivity index (χ1) is 10.5. The number of anilines is 1. The van der Waals surface area contributed by atoms with Crippen molar-refractivity contribution in [2.45, 2.75) is 6.42 Å². The average molecular weight is 304 g/mol. The second-order valence-corrected chi connectivity index (χ2v) is 4.85. The van der Waals surface area contributed by atoms with Crippen LogP contribution in [0, 0.1) is 17.5 Å². The van der Waals surface area contributed by atoms with E-state index >= 15 is 0 Å².